The van der Waals surface area contributed by atoms with Crippen LogP contribution in [0, 0.1) is 4.77 Å². The Morgan fingerprint density at radius 2 is 2.23 bits per heavy atom. The van der Waals surface area contributed by atoms with E-state index in [0.717, 1.165) is 11.3 Å². The number of hydrogen-bond acceptors (Lipinski definition) is 7. The van der Waals surface area contributed by atoms with Crippen LogP contribution in [-0.2, 0) is 0 Å². The van der Waals surface area contributed by atoms with Crippen LogP contribution in [-0.4, -0.2) is 32.9 Å². The van der Waals surface area contributed by atoms with Crippen LogP contribution < -0.4 is 14.9 Å². The molecule has 4 rings (SSSR count). The molecular weight excluding hydrogens is 304 g/mol. The Bertz CT molecular complexity index is 932. The number of aromatic amines is 2. The summed E-state index contributed by atoms with van der Waals surface area (Å²) in [5, 5.41) is 4.16. The Hall–Kier alpha value is -2.94. The summed E-state index contributed by atoms with van der Waals surface area (Å²) in [4.78, 5) is 14.2. The molecule has 0 amide bonds. The molecule has 2 aromatic heterocycles. The minimum atomic E-state index is 0.247. The Balaban J connectivity index is 1.58. The summed E-state index contributed by atoms with van der Waals surface area (Å²) in [6.07, 6.45) is 3.21. The maximum absolute atomic E-state index is 5.32. The second kappa shape index (κ2) is 5.11. The molecular formula is C13H10N6O2S. The number of hydrogen-bond donors (Lipinski definition) is 3. The molecule has 0 saturated heterocycles. The number of benzene rings is 1. The van der Waals surface area contributed by atoms with Gasteiger partial charge in [0.1, 0.15) is 11.2 Å². The number of H-pyrrole nitrogens is 2. The molecule has 8 nitrogen and oxygen atoms in total. The molecule has 110 valence electrons. The number of nitrogens with one attached hydrogen (secondary N) is 3. The normalized spacial score (nSPS) is 13.1. The quantitative estimate of drug-likeness (QED) is 0.389. The summed E-state index contributed by atoms with van der Waals surface area (Å²) < 4.78 is 10.9. The van der Waals surface area contributed by atoms with Crippen molar-refractivity contribution in [2.24, 2.45) is 5.10 Å². The van der Waals surface area contributed by atoms with Gasteiger partial charge in [-0.3, -0.25) is 5.43 Å². The third-order valence-corrected chi connectivity index (χ3v) is 3.28. The van der Waals surface area contributed by atoms with Crippen molar-refractivity contribution in [3.63, 3.8) is 0 Å². The molecule has 9 heteroatoms. The van der Waals surface area contributed by atoms with E-state index >= 15 is 0 Å². The van der Waals surface area contributed by atoms with Gasteiger partial charge < -0.3 is 19.4 Å². The molecule has 0 spiro atoms. The average molecular weight is 314 g/mol. The lowest BCUT2D eigenvalue weighted by Crippen LogP contribution is -1.97. The predicted molar refractivity (Wildman–Crippen MR) is 82.9 cm³/mol. The SMILES string of the molecule is S=c1nc(N/N=C\c2ccc3c(c2)OCO3)c2nc[nH]c2[nH]1. The van der Waals surface area contributed by atoms with E-state index in [0.29, 0.717) is 27.5 Å². The summed E-state index contributed by atoms with van der Waals surface area (Å²) in [6.45, 7) is 0.247. The largest absolute Gasteiger partial charge is 0.454 e. The van der Waals surface area contributed by atoms with E-state index in [-0.39, 0.29) is 6.79 Å². The lowest BCUT2D eigenvalue weighted by molar-refractivity contribution is 0.174. The van der Waals surface area contributed by atoms with E-state index < -0.39 is 0 Å². The van der Waals surface area contributed by atoms with Crippen LogP contribution in [0.1, 0.15) is 5.56 Å². The summed E-state index contributed by atoms with van der Waals surface area (Å²) in [5.41, 5.74) is 5.05. The second-order valence-electron chi connectivity index (χ2n) is 4.50. The molecule has 3 heterocycles. The number of imidazole rings is 1. The molecule has 0 radical (unpaired) electrons. The number of anilines is 1. The van der Waals surface area contributed by atoms with Crippen molar-refractivity contribution < 1.29 is 9.47 Å². The van der Waals surface area contributed by atoms with Crippen LogP contribution >= 0.6 is 12.2 Å². The highest BCUT2D eigenvalue weighted by Crippen LogP contribution is 2.32. The number of rotatable bonds is 3. The van der Waals surface area contributed by atoms with Crippen molar-refractivity contribution in [2.45, 2.75) is 0 Å². The molecule has 0 fully saturated rings. The minimum Gasteiger partial charge on any atom is -0.454 e. The molecule has 22 heavy (non-hydrogen) atoms. The van der Waals surface area contributed by atoms with Gasteiger partial charge in [0, 0.05) is 0 Å². The summed E-state index contributed by atoms with van der Waals surface area (Å²) in [7, 11) is 0. The minimum absolute atomic E-state index is 0.247. The first-order valence-corrected chi connectivity index (χ1v) is 6.82. The molecule has 1 aromatic carbocycles. The van der Waals surface area contributed by atoms with Gasteiger partial charge in [-0.15, -0.1) is 0 Å². The van der Waals surface area contributed by atoms with E-state index in [9.17, 15) is 0 Å². The highest BCUT2D eigenvalue weighted by Gasteiger charge is 2.12. The first-order chi connectivity index (χ1) is 10.8. The van der Waals surface area contributed by atoms with Gasteiger partial charge in [0.15, 0.2) is 17.3 Å². The standard InChI is InChI=1S/C13H10N6O2S/c22-13-17-11-10(14-5-15-11)12(18-13)19-16-4-7-1-2-8-9(3-7)21-6-20-8/h1-5H,6H2,(H3,14,15,17,18,19,22)/b16-4-. The van der Waals surface area contributed by atoms with Crippen molar-refractivity contribution in [1.82, 2.24) is 19.9 Å². The third kappa shape index (κ3) is 2.27. The zero-order valence-corrected chi connectivity index (χ0v) is 12.0. The first-order valence-electron chi connectivity index (χ1n) is 6.42. The van der Waals surface area contributed by atoms with E-state index in [2.05, 4.69) is 30.5 Å². The maximum Gasteiger partial charge on any atom is 0.231 e. The van der Waals surface area contributed by atoms with Crippen molar-refractivity contribution in [3.05, 3.63) is 34.9 Å². The van der Waals surface area contributed by atoms with Gasteiger partial charge in [-0.2, -0.15) is 10.1 Å². The Kier molecular flexibility index (Phi) is 2.97. The molecule has 0 atom stereocenters. The van der Waals surface area contributed by atoms with Crippen molar-refractivity contribution in [1.29, 1.82) is 0 Å². The average Bonchev–Trinajstić information content (AvgIpc) is 3.14. The topological polar surface area (TPSA) is 100 Å². The van der Waals surface area contributed by atoms with Crippen molar-refractivity contribution in [3.8, 4) is 11.5 Å². The number of hydrazone groups is 1. The first kappa shape index (κ1) is 12.8. The maximum atomic E-state index is 5.32. The van der Waals surface area contributed by atoms with Gasteiger partial charge in [0.05, 0.1) is 12.5 Å². The monoisotopic (exact) mass is 314 g/mol. The van der Waals surface area contributed by atoms with Gasteiger partial charge >= 0.3 is 0 Å². The van der Waals surface area contributed by atoms with Crippen LogP contribution in [0.3, 0.4) is 0 Å². The van der Waals surface area contributed by atoms with Crippen molar-refractivity contribution in [2.75, 3.05) is 12.2 Å². The van der Waals surface area contributed by atoms with Crippen LogP contribution in [0.2, 0.25) is 0 Å². The van der Waals surface area contributed by atoms with Gasteiger partial charge in [-0.25, -0.2) is 4.98 Å². The molecule has 0 saturated carbocycles. The number of fused-ring (bicyclic) bond motifs is 2. The second-order valence-corrected chi connectivity index (χ2v) is 4.89. The third-order valence-electron chi connectivity index (χ3n) is 3.09. The fourth-order valence-corrected chi connectivity index (χ4v) is 2.29. The molecule has 3 N–H and O–H groups in total. The van der Waals surface area contributed by atoms with E-state index in [1.54, 1.807) is 12.5 Å². The Morgan fingerprint density at radius 1 is 1.32 bits per heavy atom. The molecule has 3 aromatic rings. The summed E-state index contributed by atoms with van der Waals surface area (Å²) >= 11 is 5.05. The molecule has 0 aliphatic carbocycles. The van der Waals surface area contributed by atoms with E-state index in [4.69, 9.17) is 21.7 Å². The van der Waals surface area contributed by atoms with Crippen LogP contribution in [0.4, 0.5) is 5.82 Å². The van der Waals surface area contributed by atoms with E-state index in [1.807, 2.05) is 18.2 Å². The fourth-order valence-electron chi connectivity index (χ4n) is 2.10. The van der Waals surface area contributed by atoms with E-state index in [1.165, 1.54) is 0 Å². The highest BCUT2D eigenvalue weighted by atomic mass is 32.1. The number of aromatic nitrogens is 4. The number of nitrogens with zero attached hydrogens (tertiary/aromatic N) is 3. The molecule has 1 aliphatic heterocycles. The fraction of sp³-hybridized carbons (Fsp3) is 0.0769. The van der Waals surface area contributed by atoms with Crippen LogP contribution in [0.25, 0.3) is 11.2 Å². The summed E-state index contributed by atoms with van der Waals surface area (Å²) in [6, 6.07) is 5.57. The zero-order chi connectivity index (χ0) is 14.9. The lowest BCUT2D eigenvalue weighted by atomic mass is 10.2. The predicted octanol–water partition coefficient (Wildman–Crippen LogP) is 2.19. The van der Waals surface area contributed by atoms with Gasteiger partial charge in [-0.05, 0) is 36.0 Å². The summed E-state index contributed by atoms with van der Waals surface area (Å²) in [5.74, 6) is 1.93. The molecule has 0 unspecified atom stereocenters. The van der Waals surface area contributed by atoms with Crippen LogP contribution in [0.5, 0.6) is 11.5 Å². The van der Waals surface area contributed by atoms with Crippen LogP contribution in [0.15, 0.2) is 29.6 Å². The molecule has 1 aliphatic rings. The van der Waals surface area contributed by atoms with Gasteiger partial charge in [-0.1, -0.05) is 0 Å². The zero-order valence-electron chi connectivity index (χ0n) is 11.2. The van der Waals surface area contributed by atoms with Crippen molar-refractivity contribution >= 4 is 35.4 Å². The highest BCUT2D eigenvalue weighted by molar-refractivity contribution is 7.71. The lowest BCUT2D eigenvalue weighted by Gasteiger charge is -2.00. The Labute approximate surface area is 129 Å². The molecule has 0 bridgehead atoms. The Morgan fingerprint density at radius 3 is 3.18 bits per heavy atom. The number of ether oxygens (including phenoxy) is 2. The van der Waals surface area contributed by atoms with Gasteiger partial charge in [0.2, 0.25) is 11.6 Å². The van der Waals surface area contributed by atoms with Gasteiger partial charge in [0.25, 0.3) is 0 Å². The smallest absolute Gasteiger partial charge is 0.231 e.